The molecule has 0 bridgehead atoms. The first-order chi connectivity index (χ1) is 8.07. The van der Waals surface area contributed by atoms with Gasteiger partial charge in [0.15, 0.2) is 0 Å². The smallest absolute Gasteiger partial charge is 0.311 e. The average molecular weight is 233 g/mol. The summed E-state index contributed by atoms with van der Waals surface area (Å²) in [5.41, 5.74) is 0.582. The van der Waals surface area contributed by atoms with E-state index in [9.17, 15) is 9.18 Å². The zero-order valence-corrected chi connectivity index (χ0v) is 9.38. The molecule has 1 spiro atoms. The van der Waals surface area contributed by atoms with Gasteiger partial charge in [-0.15, -0.1) is 0 Å². The topological polar surface area (TPSA) is 56.2 Å². The standard InChI is InChI=1S/C12H12FN3O/c1-16-11(17)15-10(14)12(16)6-5-7-8(12)3-2-4-9(7)13/h2-4H,5-6H2,1H3,(H2,14,15,17). The minimum absolute atomic E-state index is 0.148. The molecule has 4 nitrogen and oxygen atoms in total. The van der Waals surface area contributed by atoms with E-state index in [1.165, 1.54) is 11.0 Å². The van der Waals surface area contributed by atoms with E-state index in [4.69, 9.17) is 5.41 Å². The number of likely N-dealkylation sites (N-methyl/N-ethyl adjacent to an activating group) is 1. The van der Waals surface area contributed by atoms with Crippen LogP contribution in [0.3, 0.4) is 0 Å². The van der Waals surface area contributed by atoms with Crippen molar-refractivity contribution in [1.29, 1.82) is 5.41 Å². The molecular weight excluding hydrogens is 221 g/mol. The third-order valence-electron chi connectivity index (χ3n) is 3.82. The van der Waals surface area contributed by atoms with Gasteiger partial charge < -0.3 is 4.90 Å². The lowest BCUT2D eigenvalue weighted by Crippen LogP contribution is -2.42. The number of nitrogens with zero attached hydrogens (tertiary/aromatic N) is 1. The molecule has 3 rings (SSSR count). The van der Waals surface area contributed by atoms with Gasteiger partial charge in [0.25, 0.3) is 0 Å². The molecule has 5 heteroatoms. The Morgan fingerprint density at radius 1 is 1.53 bits per heavy atom. The molecule has 17 heavy (non-hydrogen) atoms. The summed E-state index contributed by atoms with van der Waals surface area (Å²) in [6.07, 6.45) is 1.13. The van der Waals surface area contributed by atoms with E-state index in [0.29, 0.717) is 18.4 Å². The maximum absolute atomic E-state index is 13.7. The van der Waals surface area contributed by atoms with Gasteiger partial charge in [-0.25, -0.2) is 9.18 Å². The predicted molar refractivity (Wildman–Crippen MR) is 60.4 cm³/mol. The number of hydrogen-bond acceptors (Lipinski definition) is 2. The molecule has 1 heterocycles. The number of amidine groups is 1. The molecule has 2 N–H and O–H groups in total. The molecule has 0 radical (unpaired) electrons. The van der Waals surface area contributed by atoms with Crippen molar-refractivity contribution in [2.75, 3.05) is 7.05 Å². The zero-order valence-electron chi connectivity index (χ0n) is 9.38. The maximum atomic E-state index is 13.7. The number of nitrogens with one attached hydrogen (secondary N) is 2. The van der Waals surface area contributed by atoms with Gasteiger partial charge in [0.1, 0.15) is 17.2 Å². The van der Waals surface area contributed by atoms with Crippen molar-refractivity contribution in [3.05, 3.63) is 35.1 Å². The van der Waals surface area contributed by atoms with Crippen LogP contribution in [0.5, 0.6) is 0 Å². The number of hydrogen-bond donors (Lipinski definition) is 2. The van der Waals surface area contributed by atoms with Crippen LogP contribution < -0.4 is 5.32 Å². The van der Waals surface area contributed by atoms with Gasteiger partial charge in [-0.05, 0) is 30.0 Å². The Morgan fingerprint density at radius 3 is 2.94 bits per heavy atom. The monoisotopic (exact) mass is 233 g/mol. The summed E-state index contributed by atoms with van der Waals surface area (Å²) >= 11 is 0. The lowest BCUT2D eigenvalue weighted by atomic mass is 9.90. The van der Waals surface area contributed by atoms with Crippen LogP contribution in [0.25, 0.3) is 0 Å². The quantitative estimate of drug-likeness (QED) is 0.702. The number of carbonyl (C=O) groups excluding carboxylic acids is 1. The molecule has 88 valence electrons. The van der Waals surface area contributed by atoms with Crippen LogP contribution in [0.4, 0.5) is 9.18 Å². The number of benzene rings is 1. The fourth-order valence-electron chi connectivity index (χ4n) is 2.88. The molecule has 1 atom stereocenters. The van der Waals surface area contributed by atoms with E-state index in [1.807, 2.05) is 0 Å². The fraction of sp³-hybridized carbons (Fsp3) is 0.333. The largest absolute Gasteiger partial charge is 0.323 e. The minimum atomic E-state index is -0.783. The summed E-state index contributed by atoms with van der Waals surface area (Å²) in [4.78, 5) is 13.1. The van der Waals surface area contributed by atoms with E-state index in [2.05, 4.69) is 5.32 Å². The van der Waals surface area contributed by atoms with Crippen LogP contribution in [0.2, 0.25) is 0 Å². The minimum Gasteiger partial charge on any atom is -0.311 e. The number of amides is 2. The fourth-order valence-corrected chi connectivity index (χ4v) is 2.88. The van der Waals surface area contributed by atoms with Crippen molar-refractivity contribution in [2.24, 2.45) is 0 Å². The predicted octanol–water partition coefficient (Wildman–Crippen LogP) is 1.60. The van der Waals surface area contributed by atoms with Crippen LogP contribution in [0, 0.1) is 11.2 Å². The second-order valence-corrected chi connectivity index (χ2v) is 4.49. The maximum Gasteiger partial charge on any atom is 0.323 e. The van der Waals surface area contributed by atoms with Crippen molar-refractivity contribution < 1.29 is 9.18 Å². The first-order valence-corrected chi connectivity index (χ1v) is 5.49. The van der Waals surface area contributed by atoms with Crippen molar-refractivity contribution >= 4 is 11.9 Å². The Kier molecular flexibility index (Phi) is 1.85. The third kappa shape index (κ3) is 1.06. The zero-order chi connectivity index (χ0) is 12.2. The highest BCUT2D eigenvalue weighted by atomic mass is 19.1. The lowest BCUT2D eigenvalue weighted by Gasteiger charge is -2.30. The van der Waals surface area contributed by atoms with Crippen LogP contribution in [0.15, 0.2) is 18.2 Å². The highest BCUT2D eigenvalue weighted by Crippen LogP contribution is 2.44. The van der Waals surface area contributed by atoms with Crippen LogP contribution in [0.1, 0.15) is 17.5 Å². The summed E-state index contributed by atoms with van der Waals surface area (Å²) < 4.78 is 13.7. The summed E-state index contributed by atoms with van der Waals surface area (Å²) in [5, 5.41) is 10.5. The van der Waals surface area contributed by atoms with E-state index >= 15 is 0 Å². The van der Waals surface area contributed by atoms with Crippen LogP contribution in [-0.2, 0) is 12.0 Å². The van der Waals surface area contributed by atoms with Crippen molar-refractivity contribution in [1.82, 2.24) is 10.2 Å². The van der Waals surface area contributed by atoms with Gasteiger partial charge in [0.2, 0.25) is 0 Å². The molecule has 1 unspecified atom stereocenters. The Balaban J connectivity index is 2.24. The number of carbonyl (C=O) groups is 1. The van der Waals surface area contributed by atoms with Gasteiger partial charge in [-0.2, -0.15) is 0 Å². The van der Waals surface area contributed by atoms with Crippen molar-refractivity contribution in [3.8, 4) is 0 Å². The first kappa shape index (κ1) is 10.3. The third-order valence-corrected chi connectivity index (χ3v) is 3.82. The normalized spacial score (nSPS) is 26.6. The number of urea groups is 1. The lowest BCUT2D eigenvalue weighted by molar-refractivity contribution is 0.192. The van der Waals surface area contributed by atoms with Gasteiger partial charge in [-0.3, -0.25) is 10.7 Å². The molecule has 2 amide bonds. The summed E-state index contributed by atoms with van der Waals surface area (Å²) in [7, 11) is 1.65. The van der Waals surface area contributed by atoms with Gasteiger partial charge in [-0.1, -0.05) is 12.1 Å². The Labute approximate surface area is 97.9 Å². The van der Waals surface area contributed by atoms with Crippen molar-refractivity contribution in [3.63, 3.8) is 0 Å². The summed E-state index contributed by atoms with van der Waals surface area (Å²) in [6, 6.07) is 4.56. The van der Waals surface area contributed by atoms with Crippen LogP contribution in [-0.4, -0.2) is 23.8 Å². The number of fused-ring (bicyclic) bond motifs is 2. The molecule has 1 aromatic rings. The second-order valence-electron chi connectivity index (χ2n) is 4.49. The summed E-state index contributed by atoms with van der Waals surface area (Å²) in [5.74, 6) is -0.103. The average Bonchev–Trinajstić information content (AvgIpc) is 2.78. The molecular formula is C12H12FN3O. The highest BCUT2D eigenvalue weighted by Gasteiger charge is 2.53. The van der Waals surface area contributed by atoms with E-state index in [1.54, 1.807) is 19.2 Å². The van der Waals surface area contributed by atoms with Crippen LogP contribution >= 0.6 is 0 Å². The Morgan fingerprint density at radius 2 is 2.29 bits per heavy atom. The molecule has 1 fully saturated rings. The highest BCUT2D eigenvalue weighted by molar-refractivity contribution is 6.09. The van der Waals surface area contributed by atoms with Gasteiger partial charge >= 0.3 is 6.03 Å². The Bertz CT molecular complexity index is 543. The molecule has 0 saturated carbocycles. The SMILES string of the molecule is CN1C(=O)NC(=N)C12CCc1c(F)cccc12. The van der Waals surface area contributed by atoms with Crippen molar-refractivity contribution in [2.45, 2.75) is 18.4 Å². The van der Waals surface area contributed by atoms with Gasteiger partial charge in [0.05, 0.1) is 0 Å². The number of halogens is 1. The molecule has 1 aliphatic heterocycles. The van der Waals surface area contributed by atoms with Gasteiger partial charge in [0, 0.05) is 7.05 Å². The number of rotatable bonds is 0. The van der Waals surface area contributed by atoms with E-state index in [0.717, 1.165) is 5.56 Å². The van der Waals surface area contributed by atoms with E-state index in [-0.39, 0.29) is 17.7 Å². The molecule has 1 saturated heterocycles. The van der Waals surface area contributed by atoms with E-state index < -0.39 is 5.54 Å². The molecule has 1 aromatic carbocycles. The summed E-state index contributed by atoms with van der Waals surface area (Å²) in [6.45, 7) is 0. The molecule has 0 aromatic heterocycles. The molecule has 2 aliphatic rings. The molecule has 1 aliphatic carbocycles. The Hall–Kier alpha value is -1.91. The first-order valence-electron chi connectivity index (χ1n) is 5.49. The second kappa shape index (κ2) is 3.06.